The number of halogens is 1. The molecular weight excluding hydrogens is 466 g/mol. The van der Waals surface area contributed by atoms with Gasteiger partial charge < -0.3 is 5.11 Å². The molecule has 0 saturated carbocycles. The van der Waals surface area contributed by atoms with Crippen molar-refractivity contribution in [3.8, 4) is 28.0 Å². The number of nitrogens with zero attached hydrogens (tertiary/aromatic N) is 1. The first-order chi connectivity index (χ1) is 16.3. The van der Waals surface area contributed by atoms with E-state index in [9.17, 15) is 13.5 Å². The molecule has 0 saturated heterocycles. The number of hydrogen-bond donors (Lipinski definition) is 1. The van der Waals surface area contributed by atoms with Gasteiger partial charge in [0.1, 0.15) is 5.75 Å². The summed E-state index contributed by atoms with van der Waals surface area (Å²) in [5.74, 6) is 0.0709. The number of phenols is 1. The topological polar surface area (TPSA) is 57.6 Å². The lowest BCUT2D eigenvalue weighted by atomic mass is 9.87. The van der Waals surface area contributed by atoms with Crippen LogP contribution in [0.2, 0.25) is 5.02 Å². The first kappa shape index (κ1) is 22.5. The van der Waals surface area contributed by atoms with Gasteiger partial charge in [0, 0.05) is 10.6 Å². The highest BCUT2D eigenvalue weighted by molar-refractivity contribution is 7.92. The van der Waals surface area contributed by atoms with Gasteiger partial charge in [-0.2, -0.15) is 0 Å². The van der Waals surface area contributed by atoms with Crippen molar-refractivity contribution in [3.05, 3.63) is 101 Å². The maximum Gasteiger partial charge on any atom is 0.264 e. The molecule has 4 aromatic rings. The highest BCUT2D eigenvalue weighted by Gasteiger charge is 2.38. The summed E-state index contributed by atoms with van der Waals surface area (Å²) >= 11 is 6.23. The second-order valence-electron chi connectivity index (χ2n) is 8.50. The summed E-state index contributed by atoms with van der Waals surface area (Å²) in [6.07, 6.45) is 0.614. The van der Waals surface area contributed by atoms with Gasteiger partial charge >= 0.3 is 0 Å². The van der Waals surface area contributed by atoms with Gasteiger partial charge in [-0.25, -0.2) is 8.42 Å². The zero-order chi connectivity index (χ0) is 24.0. The molecule has 172 valence electrons. The SMILES string of the molecule is CCC1c2ccccc2-c2cc(-c3cccc(Cl)c3)ccc2N1S(=O)(=O)c1ccc(O)c(C)c1. The molecule has 0 amide bonds. The van der Waals surface area contributed by atoms with Crippen molar-refractivity contribution in [2.24, 2.45) is 0 Å². The summed E-state index contributed by atoms with van der Waals surface area (Å²) in [5.41, 5.74) is 5.95. The largest absolute Gasteiger partial charge is 0.508 e. The van der Waals surface area contributed by atoms with Crippen LogP contribution in [0.4, 0.5) is 5.69 Å². The number of fused-ring (bicyclic) bond motifs is 3. The summed E-state index contributed by atoms with van der Waals surface area (Å²) in [5, 5.41) is 10.6. The average molecular weight is 490 g/mol. The predicted molar refractivity (Wildman–Crippen MR) is 138 cm³/mol. The summed E-state index contributed by atoms with van der Waals surface area (Å²) in [4.78, 5) is 0.158. The lowest BCUT2D eigenvalue weighted by molar-refractivity contribution is 0.470. The van der Waals surface area contributed by atoms with E-state index in [-0.39, 0.29) is 16.7 Å². The van der Waals surface area contributed by atoms with E-state index in [1.54, 1.807) is 6.92 Å². The summed E-state index contributed by atoms with van der Waals surface area (Å²) in [6.45, 7) is 3.69. The fraction of sp³-hybridized carbons (Fsp3) is 0.143. The van der Waals surface area contributed by atoms with Crippen LogP contribution in [0.1, 0.15) is 30.5 Å². The van der Waals surface area contributed by atoms with Crippen LogP contribution in [-0.4, -0.2) is 13.5 Å². The molecule has 0 fully saturated rings. The molecule has 1 N–H and O–H groups in total. The van der Waals surface area contributed by atoms with E-state index in [0.717, 1.165) is 27.8 Å². The van der Waals surface area contributed by atoms with Gasteiger partial charge in [-0.15, -0.1) is 0 Å². The Morgan fingerprint density at radius 2 is 1.65 bits per heavy atom. The Morgan fingerprint density at radius 1 is 0.882 bits per heavy atom. The number of anilines is 1. The second kappa shape index (κ2) is 8.49. The molecule has 4 aromatic carbocycles. The Hall–Kier alpha value is -3.28. The monoisotopic (exact) mass is 489 g/mol. The number of aromatic hydroxyl groups is 1. The molecule has 0 spiro atoms. The molecule has 1 atom stereocenters. The molecule has 4 nitrogen and oxygen atoms in total. The van der Waals surface area contributed by atoms with Gasteiger partial charge in [0.05, 0.1) is 16.6 Å². The van der Waals surface area contributed by atoms with E-state index in [1.807, 2.05) is 73.7 Å². The maximum absolute atomic E-state index is 14.0. The van der Waals surface area contributed by atoms with Gasteiger partial charge in [0.2, 0.25) is 0 Å². The Bertz CT molecular complexity index is 1510. The van der Waals surface area contributed by atoms with Crippen LogP contribution in [-0.2, 0) is 10.0 Å². The van der Waals surface area contributed by atoms with Crippen molar-refractivity contribution < 1.29 is 13.5 Å². The minimum atomic E-state index is -3.90. The number of phenolic OH excluding ortho intramolecular Hbond substituents is 1. The van der Waals surface area contributed by atoms with Crippen molar-refractivity contribution in [3.63, 3.8) is 0 Å². The fourth-order valence-corrected chi connectivity index (χ4v) is 6.70. The first-order valence-corrected chi connectivity index (χ1v) is 13.0. The van der Waals surface area contributed by atoms with Crippen LogP contribution in [0, 0.1) is 6.92 Å². The number of benzene rings is 4. The molecular formula is C28H24ClNO3S. The second-order valence-corrected chi connectivity index (χ2v) is 10.8. The molecule has 34 heavy (non-hydrogen) atoms. The minimum absolute atomic E-state index is 0.0709. The zero-order valence-corrected chi connectivity index (χ0v) is 20.4. The maximum atomic E-state index is 14.0. The third-order valence-electron chi connectivity index (χ3n) is 6.40. The van der Waals surface area contributed by atoms with E-state index in [0.29, 0.717) is 22.7 Å². The number of hydrogen-bond acceptors (Lipinski definition) is 3. The molecule has 0 radical (unpaired) electrons. The van der Waals surface area contributed by atoms with Crippen LogP contribution in [0.25, 0.3) is 22.3 Å². The third-order valence-corrected chi connectivity index (χ3v) is 8.45. The standard InChI is InChI=1S/C28H24ClNO3S/c1-3-26-24-10-5-4-9-23(24)25-17-20(19-7-6-8-21(29)16-19)11-13-27(25)30(26)34(32,33)22-12-14-28(31)18(2)15-22/h4-17,26,31H,3H2,1-2H3. The first-order valence-electron chi connectivity index (χ1n) is 11.1. The normalized spacial score (nSPS) is 15.0. The van der Waals surface area contributed by atoms with E-state index in [4.69, 9.17) is 11.6 Å². The van der Waals surface area contributed by atoms with Gasteiger partial charge in [0.25, 0.3) is 10.0 Å². The molecule has 5 rings (SSSR count). The van der Waals surface area contributed by atoms with E-state index in [1.165, 1.54) is 22.5 Å². The van der Waals surface area contributed by atoms with Crippen molar-refractivity contribution in [1.82, 2.24) is 0 Å². The number of rotatable bonds is 4. The lowest BCUT2D eigenvalue weighted by Crippen LogP contribution is -2.37. The summed E-state index contributed by atoms with van der Waals surface area (Å²) < 4.78 is 29.6. The van der Waals surface area contributed by atoms with E-state index in [2.05, 4.69) is 0 Å². The molecule has 0 aliphatic carbocycles. The zero-order valence-electron chi connectivity index (χ0n) is 18.9. The highest BCUT2D eigenvalue weighted by atomic mass is 35.5. The Morgan fingerprint density at radius 3 is 2.38 bits per heavy atom. The van der Waals surface area contributed by atoms with Gasteiger partial charge in [-0.1, -0.05) is 61.0 Å². The van der Waals surface area contributed by atoms with Crippen molar-refractivity contribution in [2.45, 2.75) is 31.2 Å². The van der Waals surface area contributed by atoms with Crippen molar-refractivity contribution in [1.29, 1.82) is 0 Å². The summed E-state index contributed by atoms with van der Waals surface area (Å²) in [7, 11) is -3.90. The van der Waals surface area contributed by atoms with Gasteiger partial charge in [0.15, 0.2) is 0 Å². The quantitative estimate of drug-likeness (QED) is 0.326. The van der Waals surface area contributed by atoms with Crippen LogP contribution < -0.4 is 4.31 Å². The van der Waals surface area contributed by atoms with Crippen LogP contribution in [0.5, 0.6) is 5.75 Å². The third kappa shape index (κ3) is 3.65. The Labute approximate surface area is 205 Å². The van der Waals surface area contributed by atoms with Crippen LogP contribution >= 0.6 is 11.6 Å². The van der Waals surface area contributed by atoms with Crippen LogP contribution in [0.15, 0.2) is 89.8 Å². The van der Waals surface area contributed by atoms with Gasteiger partial charge in [-0.05, 0) is 83.6 Å². The summed E-state index contributed by atoms with van der Waals surface area (Å²) in [6, 6.07) is 25.5. The molecule has 0 aromatic heterocycles. The number of aryl methyl sites for hydroxylation is 1. The Kier molecular flexibility index (Phi) is 5.62. The molecule has 6 heteroatoms. The predicted octanol–water partition coefficient (Wildman–Crippen LogP) is 7.35. The average Bonchev–Trinajstić information content (AvgIpc) is 2.84. The molecule has 0 bridgehead atoms. The smallest absolute Gasteiger partial charge is 0.264 e. The van der Waals surface area contributed by atoms with Crippen LogP contribution in [0.3, 0.4) is 0 Å². The molecule has 1 aliphatic heterocycles. The van der Waals surface area contributed by atoms with Gasteiger partial charge in [-0.3, -0.25) is 4.31 Å². The molecule has 1 aliphatic rings. The van der Waals surface area contributed by atoms with Crippen molar-refractivity contribution >= 4 is 27.3 Å². The van der Waals surface area contributed by atoms with Crippen molar-refractivity contribution in [2.75, 3.05) is 4.31 Å². The van der Waals surface area contributed by atoms with E-state index < -0.39 is 10.0 Å². The lowest BCUT2D eigenvalue weighted by Gasteiger charge is -2.39. The number of sulfonamides is 1. The minimum Gasteiger partial charge on any atom is -0.508 e. The van der Waals surface area contributed by atoms with E-state index >= 15 is 0 Å². The fourth-order valence-electron chi connectivity index (χ4n) is 4.70. The Balaban J connectivity index is 1.75. The highest BCUT2D eigenvalue weighted by Crippen LogP contribution is 2.49. The molecule has 1 unspecified atom stereocenters. The molecule has 1 heterocycles.